The second kappa shape index (κ2) is 9.39. The van der Waals surface area contributed by atoms with Gasteiger partial charge in [0.2, 0.25) is 0 Å². The van der Waals surface area contributed by atoms with Gasteiger partial charge in [0.25, 0.3) is 0 Å². The number of rotatable bonds is 7. The van der Waals surface area contributed by atoms with Gasteiger partial charge in [-0.05, 0) is 75.5 Å². The highest BCUT2D eigenvalue weighted by Crippen LogP contribution is 2.28. The first-order chi connectivity index (χ1) is 10.7. The number of hydrogen-bond acceptors (Lipinski definition) is 3. The minimum absolute atomic E-state index is 0.770. The first-order valence-electron chi connectivity index (χ1n) is 8.55. The zero-order valence-corrected chi connectivity index (χ0v) is 14.7. The Labute approximate surface area is 140 Å². The van der Waals surface area contributed by atoms with Crippen LogP contribution in [0.1, 0.15) is 37.3 Å². The van der Waals surface area contributed by atoms with Crippen molar-refractivity contribution >= 4 is 11.6 Å². The van der Waals surface area contributed by atoms with E-state index in [0.717, 1.165) is 68.4 Å². The topological polar surface area (TPSA) is 24.5 Å². The molecule has 1 aliphatic heterocycles. The van der Waals surface area contributed by atoms with Crippen LogP contribution in [-0.2, 0) is 6.42 Å². The molecule has 0 radical (unpaired) electrons. The second-order valence-corrected chi connectivity index (χ2v) is 6.51. The lowest BCUT2D eigenvalue weighted by atomic mass is 10.1. The van der Waals surface area contributed by atoms with E-state index in [4.69, 9.17) is 16.3 Å². The summed E-state index contributed by atoms with van der Waals surface area (Å²) in [6, 6.07) is 4.18. The Hall–Kier alpha value is -0.770. The van der Waals surface area contributed by atoms with Crippen LogP contribution in [0.2, 0.25) is 5.02 Å². The zero-order valence-electron chi connectivity index (χ0n) is 14.0. The molecule has 0 spiro atoms. The fourth-order valence-electron chi connectivity index (χ4n) is 2.86. The number of ether oxygens (including phenoxy) is 1. The maximum atomic E-state index is 6.29. The third-order valence-electron chi connectivity index (χ3n) is 4.16. The van der Waals surface area contributed by atoms with Crippen molar-refractivity contribution in [1.82, 2.24) is 10.2 Å². The fourth-order valence-corrected chi connectivity index (χ4v) is 3.04. The van der Waals surface area contributed by atoms with Gasteiger partial charge < -0.3 is 15.0 Å². The molecule has 124 valence electrons. The lowest BCUT2D eigenvalue weighted by Crippen LogP contribution is -2.29. The summed E-state index contributed by atoms with van der Waals surface area (Å²) in [5.41, 5.74) is 2.34. The molecule has 0 saturated carbocycles. The van der Waals surface area contributed by atoms with E-state index >= 15 is 0 Å². The molecular weight excluding hydrogens is 296 g/mol. The lowest BCUT2D eigenvalue weighted by molar-refractivity contribution is 0.286. The standard InChI is InChI=1S/C18H29ClN2O/c1-3-12-22-18-13-15(2)17(19)14-16(18)6-4-9-21-10-5-7-20-8-11-21/h13-14,20H,3-12H2,1-2H3. The molecular formula is C18H29ClN2O. The van der Waals surface area contributed by atoms with Gasteiger partial charge in [-0.2, -0.15) is 0 Å². The Kier molecular flexibility index (Phi) is 7.50. The van der Waals surface area contributed by atoms with Crippen molar-refractivity contribution in [2.24, 2.45) is 0 Å². The summed E-state index contributed by atoms with van der Waals surface area (Å²) in [6.07, 6.45) is 4.47. The summed E-state index contributed by atoms with van der Waals surface area (Å²) in [5, 5.41) is 4.30. The molecule has 1 heterocycles. The largest absolute Gasteiger partial charge is 0.493 e. The van der Waals surface area contributed by atoms with Gasteiger partial charge in [0.05, 0.1) is 6.61 Å². The Morgan fingerprint density at radius 1 is 1.27 bits per heavy atom. The third-order valence-corrected chi connectivity index (χ3v) is 4.56. The number of aryl methyl sites for hydroxylation is 2. The van der Waals surface area contributed by atoms with Gasteiger partial charge >= 0.3 is 0 Å². The predicted molar refractivity (Wildman–Crippen MR) is 94.2 cm³/mol. The lowest BCUT2D eigenvalue weighted by Gasteiger charge is -2.20. The SMILES string of the molecule is CCCOc1cc(C)c(Cl)cc1CCCN1CCCNCC1. The van der Waals surface area contributed by atoms with E-state index in [0.29, 0.717) is 0 Å². The molecule has 0 aliphatic carbocycles. The van der Waals surface area contributed by atoms with E-state index in [9.17, 15) is 0 Å². The molecule has 0 unspecified atom stereocenters. The van der Waals surface area contributed by atoms with Gasteiger partial charge in [0, 0.05) is 18.1 Å². The average Bonchev–Trinajstić information content (AvgIpc) is 2.78. The monoisotopic (exact) mass is 324 g/mol. The van der Waals surface area contributed by atoms with E-state index < -0.39 is 0 Å². The Bertz CT molecular complexity index is 457. The molecule has 1 saturated heterocycles. The zero-order chi connectivity index (χ0) is 15.8. The van der Waals surface area contributed by atoms with Gasteiger partial charge in [-0.1, -0.05) is 18.5 Å². The molecule has 1 N–H and O–H groups in total. The van der Waals surface area contributed by atoms with E-state index in [1.54, 1.807) is 0 Å². The van der Waals surface area contributed by atoms with Crippen molar-refractivity contribution in [2.45, 2.75) is 39.5 Å². The Morgan fingerprint density at radius 2 is 2.14 bits per heavy atom. The summed E-state index contributed by atoms with van der Waals surface area (Å²) in [7, 11) is 0. The van der Waals surface area contributed by atoms with Gasteiger partial charge in [-0.15, -0.1) is 0 Å². The summed E-state index contributed by atoms with van der Waals surface area (Å²) in [5.74, 6) is 1.02. The van der Waals surface area contributed by atoms with Crippen LogP contribution < -0.4 is 10.1 Å². The van der Waals surface area contributed by atoms with Crippen molar-refractivity contribution in [2.75, 3.05) is 39.3 Å². The second-order valence-electron chi connectivity index (χ2n) is 6.11. The van der Waals surface area contributed by atoms with E-state index in [1.807, 2.05) is 6.92 Å². The molecule has 4 heteroatoms. The summed E-state index contributed by atoms with van der Waals surface area (Å²) in [6.45, 7) is 10.7. The van der Waals surface area contributed by atoms with Crippen LogP contribution in [-0.4, -0.2) is 44.2 Å². The van der Waals surface area contributed by atoms with Crippen LogP contribution >= 0.6 is 11.6 Å². The predicted octanol–water partition coefficient (Wildman–Crippen LogP) is 3.67. The number of halogens is 1. The van der Waals surface area contributed by atoms with Crippen LogP contribution in [0.4, 0.5) is 0 Å². The molecule has 0 atom stereocenters. The average molecular weight is 325 g/mol. The summed E-state index contributed by atoms with van der Waals surface area (Å²) in [4.78, 5) is 2.56. The van der Waals surface area contributed by atoms with Crippen molar-refractivity contribution in [3.8, 4) is 5.75 Å². The van der Waals surface area contributed by atoms with Crippen LogP contribution in [0.3, 0.4) is 0 Å². The maximum absolute atomic E-state index is 6.29. The quantitative estimate of drug-likeness (QED) is 0.828. The van der Waals surface area contributed by atoms with Crippen molar-refractivity contribution in [3.05, 3.63) is 28.3 Å². The molecule has 1 aromatic carbocycles. The van der Waals surface area contributed by atoms with Crippen LogP contribution in [0.15, 0.2) is 12.1 Å². The van der Waals surface area contributed by atoms with Crippen molar-refractivity contribution < 1.29 is 4.74 Å². The molecule has 0 bridgehead atoms. The minimum atomic E-state index is 0.770. The molecule has 1 fully saturated rings. The molecule has 1 aliphatic rings. The molecule has 1 aromatic rings. The molecule has 2 rings (SSSR count). The number of nitrogens with one attached hydrogen (secondary N) is 1. The van der Waals surface area contributed by atoms with E-state index in [1.165, 1.54) is 18.5 Å². The summed E-state index contributed by atoms with van der Waals surface area (Å²) < 4.78 is 5.90. The molecule has 22 heavy (non-hydrogen) atoms. The van der Waals surface area contributed by atoms with Crippen LogP contribution in [0.25, 0.3) is 0 Å². The third kappa shape index (κ3) is 5.45. The fraction of sp³-hybridized carbons (Fsp3) is 0.667. The van der Waals surface area contributed by atoms with Gasteiger partial charge in [-0.3, -0.25) is 0 Å². The van der Waals surface area contributed by atoms with Crippen molar-refractivity contribution in [1.29, 1.82) is 0 Å². The smallest absolute Gasteiger partial charge is 0.122 e. The molecule has 3 nitrogen and oxygen atoms in total. The highest BCUT2D eigenvalue weighted by Gasteiger charge is 2.11. The van der Waals surface area contributed by atoms with E-state index in [2.05, 4.69) is 29.3 Å². The van der Waals surface area contributed by atoms with Crippen molar-refractivity contribution in [3.63, 3.8) is 0 Å². The van der Waals surface area contributed by atoms with E-state index in [-0.39, 0.29) is 0 Å². The normalized spacial score (nSPS) is 16.5. The first-order valence-corrected chi connectivity index (χ1v) is 8.93. The van der Waals surface area contributed by atoms with Gasteiger partial charge in [-0.25, -0.2) is 0 Å². The Balaban J connectivity index is 1.91. The van der Waals surface area contributed by atoms with Gasteiger partial charge in [0.1, 0.15) is 5.75 Å². The number of benzene rings is 1. The molecule has 0 aromatic heterocycles. The minimum Gasteiger partial charge on any atom is -0.493 e. The highest BCUT2D eigenvalue weighted by atomic mass is 35.5. The van der Waals surface area contributed by atoms with Crippen LogP contribution in [0, 0.1) is 6.92 Å². The highest BCUT2D eigenvalue weighted by molar-refractivity contribution is 6.31. The maximum Gasteiger partial charge on any atom is 0.122 e. The summed E-state index contributed by atoms with van der Waals surface area (Å²) >= 11 is 6.29. The Morgan fingerprint density at radius 3 is 2.95 bits per heavy atom. The van der Waals surface area contributed by atoms with Crippen LogP contribution in [0.5, 0.6) is 5.75 Å². The number of hydrogen-bond donors (Lipinski definition) is 1. The molecule has 0 amide bonds. The number of nitrogens with zero attached hydrogens (tertiary/aromatic N) is 1. The first kappa shape index (κ1) is 17.6. The van der Waals surface area contributed by atoms with Gasteiger partial charge in [0.15, 0.2) is 0 Å².